The second-order valence-corrected chi connectivity index (χ2v) is 7.96. The predicted molar refractivity (Wildman–Crippen MR) is 116 cm³/mol. The van der Waals surface area contributed by atoms with Crippen molar-refractivity contribution in [2.75, 3.05) is 12.4 Å². The van der Waals surface area contributed by atoms with E-state index in [0.717, 1.165) is 6.42 Å². The van der Waals surface area contributed by atoms with Gasteiger partial charge in [-0.3, -0.25) is 0 Å². The number of esters is 1. The van der Waals surface area contributed by atoms with E-state index < -0.39 is 5.97 Å². The summed E-state index contributed by atoms with van der Waals surface area (Å²) in [6.45, 7) is 6.52. The third kappa shape index (κ3) is 5.94. The molecule has 0 aliphatic rings. The van der Waals surface area contributed by atoms with Gasteiger partial charge in [-0.05, 0) is 54.7 Å². The molecule has 1 atom stereocenters. The van der Waals surface area contributed by atoms with Crippen LogP contribution in [0.15, 0.2) is 48.5 Å². The number of benzene rings is 2. The van der Waals surface area contributed by atoms with E-state index in [1.165, 1.54) is 12.7 Å². The van der Waals surface area contributed by atoms with Crippen LogP contribution in [0, 0.1) is 0 Å². The average Bonchev–Trinajstić information content (AvgIpc) is 2.63. The second kappa shape index (κ2) is 9.20. The van der Waals surface area contributed by atoms with Gasteiger partial charge in [0.05, 0.1) is 23.4 Å². The molecule has 0 saturated carbocycles. The molecule has 0 spiro atoms. The van der Waals surface area contributed by atoms with Crippen LogP contribution in [0.2, 0.25) is 5.02 Å². The summed E-state index contributed by atoms with van der Waals surface area (Å²) in [6, 6.07) is 15.4. The lowest BCUT2D eigenvalue weighted by Crippen LogP contribution is -2.39. The van der Waals surface area contributed by atoms with Crippen LogP contribution in [0.5, 0.6) is 0 Å². The van der Waals surface area contributed by atoms with Gasteiger partial charge in [0.1, 0.15) is 0 Å². The van der Waals surface area contributed by atoms with Crippen LogP contribution in [0.4, 0.5) is 5.69 Å². The number of carbonyl (C=O) groups excluding carboxylic acids is 1. The molecule has 0 saturated heterocycles. The minimum Gasteiger partial charge on any atom is -0.465 e. The first-order valence-corrected chi connectivity index (χ1v) is 9.52. The Morgan fingerprint density at radius 2 is 1.89 bits per heavy atom. The maximum Gasteiger partial charge on any atom is 0.337 e. The second-order valence-electron chi connectivity index (χ2n) is 7.14. The Kier molecular flexibility index (Phi) is 7.22. The number of thiocarbonyl (C=S) groups is 1. The molecule has 2 aromatic carbocycles. The van der Waals surface area contributed by atoms with Gasteiger partial charge in [-0.1, -0.05) is 55.8 Å². The standard InChI is InChI=1S/C21H25ClN2O2S/c1-14(13-21(2,3)16-8-6-5-7-9-16)23-20(27)24-18-12-15(19(25)26-4)10-11-17(18)22/h5-12,14H,13H2,1-4H3,(H2,23,24,27)/t14-/m1/s1. The largest absolute Gasteiger partial charge is 0.465 e. The molecule has 0 amide bonds. The first kappa shape index (κ1) is 21.2. The number of rotatable bonds is 6. The zero-order chi connectivity index (χ0) is 20.0. The minimum absolute atomic E-state index is 0.00569. The van der Waals surface area contributed by atoms with Crippen molar-refractivity contribution in [3.05, 3.63) is 64.7 Å². The summed E-state index contributed by atoms with van der Waals surface area (Å²) in [5.74, 6) is -0.424. The van der Waals surface area contributed by atoms with Crippen LogP contribution >= 0.6 is 23.8 Å². The Morgan fingerprint density at radius 3 is 2.52 bits per heavy atom. The van der Waals surface area contributed by atoms with Gasteiger partial charge >= 0.3 is 5.97 Å². The van der Waals surface area contributed by atoms with Gasteiger partial charge in [0.15, 0.2) is 5.11 Å². The highest BCUT2D eigenvalue weighted by molar-refractivity contribution is 7.80. The molecule has 0 radical (unpaired) electrons. The van der Waals surface area contributed by atoms with E-state index in [2.05, 4.69) is 55.7 Å². The highest BCUT2D eigenvalue weighted by Gasteiger charge is 2.23. The lowest BCUT2D eigenvalue weighted by molar-refractivity contribution is 0.0601. The van der Waals surface area contributed by atoms with Gasteiger partial charge < -0.3 is 15.4 Å². The molecule has 6 heteroatoms. The molecule has 27 heavy (non-hydrogen) atoms. The van der Waals surface area contributed by atoms with Crippen LogP contribution in [0.1, 0.15) is 43.1 Å². The summed E-state index contributed by atoms with van der Waals surface area (Å²) in [4.78, 5) is 11.7. The van der Waals surface area contributed by atoms with Crippen molar-refractivity contribution in [3.8, 4) is 0 Å². The Labute approximate surface area is 171 Å². The van der Waals surface area contributed by atoms with E-state index in [1.807, 2.05) is 6.07 Å². The van der Waals surface area contributed by atoms with Crippen molar-refractivity contribution in [2.45, 2.75) is 38.6 Å². The summed E-state index contributed by atoms with van der Waals surface area (Å²) in [7, 11) is 1.34. The van der Waals surface area contributed by atoms with Crippen molar-refractivity contribution < 1.29 is 9.53 Å². The molecule has 2 aromatic rings. The normalized spacial score (nSPS) is 12.2. The molecule has 144 valence electrons. The quantitative estimate of drug-likeness (QED) is 0.513. The average molecular weight is 405 g/mol. The van der Waals surface area contributed by atoms with Gasteiger partial charge in [-0.25, -0.2) is 4.79 Å². The third-order valence-corrected chi connectivity index (χ3v) is 4.93. The predicted octanol–water partition coefficient (Wildman–Crippen LogP) is 5.17. The van der Waals surface area contributed by atoms with Gasteiger partial charge in [0.25, 0.3) is 0 Å². The number of nitrogens with one attached hydrogen (secondary N) is 2. The highest BCUT2D eigenvalue weighted by atomic mass is 35.5. The summed E-state index contributed by atoms with van der Waals surface area (Å²) in [5.41, 5.74) is 2.26. The van der Waals surface area contributed by atoms with E-state index in [9.17, 15) is 4.79 Å². The monoisotopic (exact) mass is 404 g/mol. The Morgan fingerprint density at radius 1 is 1.22 bits per heavy atom. The van der Waals surface area contributed by atoms with Gasteiger partial charge in [-0.15, -0.1) is 0 Å². The van der Waals surface area contributed by atoms with Crippen molar-refractivity contribution in [2.24, 2.45) is 0 Å². The summed E-state index contributed by atoms with van der Waals surface area (Å²) in [5, 5.41) is 7.29. The highest BCUT2D eigenvalue weighted by Crippen LogP contribution is 2.28. The molecular weight excluding hydrogens is 380 g/mol. The molecule has 0 bridgehead atoms. The molecule has 2 N–H and O–H groups in total. The summed E-state index contributed by atoms with van der Waals surface area (Å²) >= 11 is 11.6. The maximum absolute atomic E-state index is 11.7. The van der Waals surface area contributed by atoms with Crippen LogP contribution < -0.4 is 10.6 Å². The molecule has 0 unspecified atom stereocenters. The minimum atomic E-state index is -0.424. The number of methoxy groups -OCH3 is 1. The van der Waals surface area contributed by atoms with Crippen LogP contribution in [-0.2, 0) is 10.2 Å². The fourth-order valence-electron chi connectivity index (χ4n) is 3.07. The number of hydrogen-bond donors (Lipinski definition) is 2. The molecule has 0 aliphatic carbocycles. The number of anilines is 1. The van der Waals surface area contributed by atoms with E-state index >= 15 is 0 Å². The van der Waals surface area contributed by atoms with Crippen molar-refractivity contribution in [1.82, 2.24) is 5.32 Å². The number of ether oxygens (including phenoxy) is 1. The lowest BCUT2D eigenvalue weighted by atomic mass is 9.79. The molecule has 0 fully saturated rings. The molecular formula is C21H25ClN2O2S. The van der Waals surface area contributed by atoms with Crippen molar-refractivity contribution in [3.63, 3.8) is 0 Å². The fourth-order valence-corrected chi connectivity index (χ4v) is 3.55. The van der Waals surface area contributed by atoms with E-state index in [0.29, 0.717) is 21.4 Å². The summed E-state index contributed by atoms with van der Waals surface area (Å²) in [6.07, 6.45) is 0.898. The Balaban J connectivity index is 2.00. The van der Waals surface area contributed by atoms with Crippen molar-refractivity contribution >= 4 is 40.6 Å². The van der Waals surface area contributed by atoms with Crippen LogP contribution in [-0.4, -0.2) is 24.2 Å². The van der Waals surface area contributed by atoms with E-state index in [4.69, 9.17) is 28.6 Å². The topological polar surface area (TPSA) is 50.4 Å². The third-order valence-electron chi connectivity index (χ3n) is 4.38. The molecule has 0 heterocycles. The smallest absolute Gasteiger partial charge is 0.337 e. The van der Waals surface area contributed by atoms with Crippen LogP contribution in [0.25, 0.3) is 0 Å². The maximum atomic E-state index is 11.7. The van der Waals surface area contributed by atoms with Crippen molar-refractivity contribution in [1.29, 1.82) is 0 Å². The SMILES string of the molecule is COC(=O)c1ccc(Cl)c(NC(=S)N[C@H](C)CC(C)(C)c2ccccc2)c1. The number of carbonyl (C=O) groups is 1. The fraction of sp³-hybridized carbons (Fsp3) is 0.333. The molecule has 0 aromatic heterocycles. The number of halogens is 1. The van der Waals surface area contributed by atoms with Gasteiger partial charge in [0.2, 0.25) is 0 Å². The first-order valence-electron chi connectivity index (χ1n) is 8.74. The lowest BCUT2D eigenvalue weighted by Gasteiger charge is -2.29. The molecule has 2 rings (SSSR count). The van der Waals surface area contributed by atoms with E-state index in [-0.39, 0.29) is 11.5 Å². The summed E-state index contributed by atoms with van der Waals surface area (Å²) < 4.78 is 4.74. The molecule has 0 aliphatic heterocycles. The first-order chi connectivity index (χ1) is 12.7. The zero-order valence-corrected chi connectivity index (χ0v) is 17.6. The van der Waals surface area contributed by atoms with Crippen LogP contribution in [0.3, 0.4) is 0 Å². The Bertz CT molecular complexity index is 809. The Hall–Kier alpha value is -2.11. The zero-order valence-electron chi connectivity index (χ0n) is 16.0. The van der Waals surface area contributed by atoms with Gasteiger partial charge in [-0.2, -0.15) is 0 Å². The van der Waals surface area contributed by atoms with E-state index in [1.54, 1.807) is 18.2 Å². The molecule has 4 nitrogen and oxygen atoms in total. The van der Waals surface area contributed by atoms with Gasteiger partial charge in [0, 0.05) is 6.04 Å². The number of hydrogen-bond acceptors (Lipinski definition) is 3.